The zero-order valence-corrected chi connectivity index (χ0v) is 62.5. The van der Waals surface area contributed by atoms with Gasteiger partial charge in [0.1, 0.15) is 19.3 Å². The van der Waals surface area contributed by atoms with Crippen LogP contribution in [0.25, 0.3) is 0 Å². The molecule has 0 heterocycles. The molecule has 0 bridgehead atoms. The van der Waals surface area contributed by atoms with Crippen LogP contribution in [0.1, 0.15) is 376 Å². The zero-order chi connectivity index (χ0) is 68.7. The largest absolute Gasteiger partial charge is 0.472 e. The number of unbranched alkanes of at least 4 members (excludes halogenated alkanes) is 39. The maximum Gasteiger partial charge on any atom is 0.472 e. The first-order valence-electron chi connectivity index (χ1n) is 38.4. The Morgan fingerprint density at radius 1 is 0.312 bits per heavy atom. The molecule has 0 fully saturated rings. The normalized spacial score (nSPS) is 14.4. The second-order valence-electron chi connectivity index (χ2n) is 27.9. The number of hydrogen-bond acceptors (Lipinski definition) is 15. The van der Waals surface area contributed by atoms with Crippen LogP contribution in [-0.2, 0) is 65.4 Å². The van der Waals surface area contributed by atoms with Crippen LogP contribution in [0.3, 0.4) is 0 Å². The molecule has 0 rings (SSSR count). The van der Waals surface area contributed by atoms with Crippen molar-refractivity contribution in [3.05, 3.63) is 0 Å². The van der Waals surface area contributed by atoms with Gasteiger partial charge in [0, 0.05) is 25.7 Å². The van der Waals surface area contributed by atoms with Gasteiger partial charge in [-0.2, -0.15) is 0 Å². The molecule has 93 heavy (non-hydrogen) atoms. The minimum atomic E-state index is -4.95. The number of rotatable bonds is 72. The molecule has 0 radical (unpaired) electrons. The summed E-state index contributed by atoms with van der Waals surface area (Å²) in [5.41, 5.74) is 0. The second-order valence-corrected chi connectivity index (χ2v) is 30.8. The third-order valence-electron chi connectivity index (χ3n) is 17.5. The summed E-state index contributed by atoms with van der Waals surface area (Å²) >= 11 is 0. The van der Waals surface area contributed by atoms with Crippen LogP contribution in [0.5, 0.6) is 0 Å². The summed E-state index contributed by atoms with van der Waals surface area (Å²) in [5, 5.41) is 10.6. The number of esters is 4. The maximum atomic E-state index is 13.1. The number of aliphatic hydroxyl groups excluding tert-OH is 1. The fraction of sp³-hybridized carbons (Fsp3) is 0.946. The molecular weight excluding hydrogens is 1220 g/mol. The predicted octanol–water partition coefficient (Wildman–Crippen LogP) is 21.4. The number of phosphoric acid groups is 2. The van der Waals surface area contributed by atoms with E-state index in [4.69, 9.17) is 37.0 Å². The molecule has 0 aliphatic rings. The van der Waals surface area contributed by atoms with Gasteiger partial charge in [0.15, 0.2) is 12.2 Å². The zero-order valence-electron chi connectivity index (χ0n) is 60.7. The summed E-state index contributed by atoms with van der Waals surface area (Å²) in [4.78, 5) is 72.3. The van der Waals surface area contributed by atoms with Crippen molar-refractivity contribution in [1.82, 2.24) is 0 Å². The van der Waals surface area contributed by atoms with Gasteiger partial charge in [-0.15, -0.1) is 0 Å². The summed E-state index contributed by atoms with van der Waals surface area (Å²) in [5.74, 6) is 0.203. The molecule has 3 N–H and O–H groups in total. The van der Waals surface area contributed by atoms with E-state index in [1.165, 1.54) is 180 Å². The molecule has 0 aromatic heterocycles. The number of hydrogen-bond donors (Lipinski definition) is 3. The monoisotopic (exact) mass is 1370 g/mol. The number of aliphatic hydroxyl groups is 1. The second kappa shape index (κ2) is 64.7. The van der Waals surface area contributed by atoms with E-state index in [-0.39, 0.29) is 25.7 Å². The van der Waals surface area contributed by atoms with Gasteiger partial charge in [-0.25, -0.2) is 9.13 Å². The van der Waals surface area contributed by atoms with Crippen LogP contribution in [-0.4, -0.2) is 96.7 Å². The lowest BCUT2D eigenvalue weighted by molar-refractivity contribution is -0.161. The van der Waals surface area contributed by atoms with Gasteiger partial charge < -0.3 is 33.8 Å². The summed E-state index contributed by atoms with van der Waals surface area (Å²) in [6.07, 6.45) is 50.7. The van der Waals surface area contributed by atoms with Gasteiger partial charge in [-0.05, 0) is 43.4 Å². The van der Waals surface area contributed by atoms with Crippen LogP contribution in [0.15, 0.2) is 0 Å². The van der Waals surface area contributed by atoms with Crippen molar-refractivity contribution >= 4 is 39.5 Å². The average Bonchev–Trinajstić information content (AvgIpc) is 2.05. The number of phosphoric ester groups is 2. The number of ether oxygens (including phenoxy) is 4. The van der Waals surface area contributed by atoms with Gasteiger partial charge >= 0.3 is 39.5 Å². The topological polar surface area (TPSA) is 237 Å². The van der Waals surface area contributed by atoms with Crippen LogP contribution in [0, 0.1) is 17.8 Å². The van der Waals surface area contributed by atoms with Crippen molar-refractivity contribution in [3.63, 3.8) is 0 Å². The molecule has 19 heteroatoms. The Hall–Kier alpha value is -1.94. The van der Waals surface area contributed by atoms with E-state index in [9.17, 15) is 43.2 Å². The van der Waals surface area contributed by atoms with E-state index < -0.39 is 97.5 Å². The first kappa shape index (κ1) is 91.1. The molecule has 0 amide bonds. The van der Waals surface area contributed by atoms with Crippen molar-refractivity contribution in [2.24, 2.45) is 17.8 Å². The Bertz CT molecular complexity index is 1820. The Morgan fingerprint density at radius 3 is 0.817 bits per heavy atom. The van der Waals surface area contributed by atoms with Gasteiger partial charge in [-0.3, -0.25) is 37.3 Å². The number of carbonyl (C=O) groups is 4. The lowest BCUT2D eigenvalue weighted by Crippen LogP contribution is -2.30. The average molecular weight is 1370 g/mol. The van der Waals surface area contributed by atoms with Crippen LogP contribution < -0.4 is 0 Å². The van der Waals surface area contributed by atoms with E-state index in [1.807, 2.05) is 0 Å². The van der Waals surface area contributed by atoms with Crippen molar-refractivity contribution < 1.29 is 80.2 Å². The molecular formula is C74H144O17P2. The van der Waals surface area contributed by atoms with E-state index in [0.717, 1.165) is 108 Å². The van der Waals surface area contributed by atoms with Crippen molar-refractivity contribution in [2.75, 3.05) is 39.6 Å². The maximum absolute atomic E-state index is 13.1. The molecule has 0 saturated heterocycles. The molecule has 552 valence electrons. The van der Waals surface area contributed by atoms with Gasteiger partial charge in [0.25, 0.3) is 0 Å². The number of carbonyl (C=O) groups excluding carboxylic acids is 4. The van der Waals surface area contributed by atoms with Crippen LogP contribution in [0.2, 0.25) is 0 Å². The Balaban J connectivity index is 5.11. The lowest BCUT2D eigenvalue weighted by Gasteiger charge is -2.21. The quantitative estimate of drug-likeness (QED) is 0.0222. The van der Waals surface area contributed by atoms with Crippen LogP contribution in [0.4, 0.5) is 0 Å². The molecule has 0 spiro atoms. The Labute approximate surface area is 568 Å². The Kier molecular flexibility index (Phi) is 63.4. The summed E-state index contributed by atoms with van der Waals surface area (Å²) < 4.78 is 68.1. The molecule has 0 aliphatic heterocycles. The summed E-state index contributed by atoms with van der Waals surface area (Å²) in [6.45, 7) is 11.8. The first-order chi connectivity index (χ1) is 44.8. The Morgan fingerprint density at radius 2 is 0.548 bits per heavy atom. The molecule has 6 atom stereocenters. The standard InChI is InChI=1S/C74H144O17P2/c1-8-10-11-38-48-55-71(76)84-61-69(91-74(79)58-51-44-37-36-40-46-53-66(5)6)63-88-92(80,81)86-59-68(75)60-87-93(82,83)89-64-70(62-85-72(77)56-49-42-34-30-26-22-19-18-21-25-29-33-41-47-54-67(7)9-2)90-73(78)57-50-43-35-31-27-23-17-15-13-12-14-16-20-24-28-32-39-45-52-65(3)4/h65-70,75H,8-64H2,1-7H3,(H,80,81)(H,82,83)/t67?,68-,69+,70+/m0/s1. The first-order valence-corrected chi connectivity index (χ1v) is 41.4. The minimum Gasteiger partial charge on any atom is -0.462 e. The molecule has 3 unspecified atom stereocenters. The molecule has 0 aliphatic carbocycles. The smallest absolute Gasteiger partial charge is 0.462 e. The van der Waals surface area contributed by atoms with E-state index in [2.05, 4.69) is 48.5 Å². The highest BCUT2D eigenvalue weighted by Crippen LogP contribution is 2.45. The van der Waals surface area contributed by atoms with Gasteiger partial charge in [0.2, 0.25) is 0 Å². The lowest BCUT2D eigenvalue weighted by atomic mass is 9.99. The van der Waals surface area contributed by atoms with E-state index >= 15 is 0 Å². The molecule has 0 aromatic rings. The third-order valence-corrected chi connectivity index (χ3v) is 19.4. The van der Waals surface area contributed by atoms with E-state index in [0.29, 0.717) is 31.6 Å². The summed E-state index contributed by atoms with van der Waals surface area (Å²) in [6, 6.07) is 0. The van der Waals surface area contributed by atoms with Crippen molar-refractivity contribution in [1.29, 1.82) is 0 Å². The van der Waals surface area contributed by atoms with Crippen molar-refractivity contribution in [2.45, 2.75) is 394 Å². The highest BCUT2D eigenvalue weighted by molar-refractivity contribution is 7.47. The van der Waals surface area contributed by atoms with Gasteiger partial charge in [-0.1, -0.05) is 325 Å². The fourth-order valence-electron chi connectivity index (χ4n) is 11.2. The van der Waals surface area contributed by atoms with E-state index in [1.54, 1.807) is 0 Å². The highest BCUT2D eigenvalue weighted by atomic mass is 31.2. The minimum absolute atomic E-state index is 0.101. The molecule has 0 saturated carbocycles. The third kappa shape index (κ3) is 67.0. The van der Waals surface area contributed by atoms with Crippen LogP contribution >= 0.6 is 15.6 Å². The predicted molar refractivity (Wildman–Crippen MR) is 377 cm³/mol. The SMILES string of the molecule is CCCCCCCC(=O)OC[C@H](COP(=O)(O)OC[C@H](O)COP(=O)(O)OC[C@@H](COC(=O)CCCCCCCCCCCCCCCCC(C)CC)OC(=O)CCCCCCCCCCCCCCCCCCCCC(C)C)OC(=O)CCCCCCCCC(C)C. The summed E-state index contributed by atoms with van der Waals surface area (Å²) in [7, 11) is -9.89. The van der Waals surface area contributed by atoms with Gasteiger partial charge in [0.05, 0.1) is 26.4 Å². The fourth-order valence-corrected chi connectivity index (χ4v) is 12.8. The highest BCUT2D eigenvalue weighted by Gasteiger charge is 2.30. The molecule has 0 aromatic carbocycles. The van der Waals surface area contributed by atoms with Crippen molar-refractivity contribution in [3.8, 4) is 0 Å². The molecule has 17 nitrogen and oxygen atoms in total.